The first-order chi connectivity index (χ1) is 8.92. The van der Waals surface area contributed by atoms with Crippen molar-refractivity contribution < 1.29 is 24.6 Å². The predicted octanol–water partition coefficient (Wildman–Crippen LogP) is 1.14. The number of hydrogen-bond donors (Lipinski definition) is 3. The van der Waals surface area contributed by atoms with Crippen LogP contribution in [0.4, 0.5) is 4.79 Å². The molecule has 7 heteroatoms. The topological polar surface area (TPSA) is 107 Å². The van der Waals surface area contributed by atoms with Crippen LogP contribution < -0.4 is 5.32 Å². The van der Waals surface area contributed by atoms with Gasteiger partial charge in [0.2, 0.25) is 0 Å². The Morgan fingerprint density at radius 3 is 2.00 bits per heavy atom. The molecular formula is C12H22N2O5. The molecule has 7 nitrogen and oxygen atoms in total. The third-order valence-corrected chi connectivity index (χ3v) is 2.52. The zero-order valence-corrected chi connectivity index (χ0v) is 11.4. The van der Waals surface area contributed by atoms with Crippen LogP contribution in [0.1, 0.15) is 39.5 Å². The monoisotopic (exact) mass is 274 g/mol. The third kappa shape index (κ3) is 7.28. The van der Waals surface area contributed by atoms with Crippen molar-refractivity contribution in [3.05, 3.63) is 0 Å². The lowest BCUT2D eigenvalue weighted by Crippen LogP contribution is -2.48. The van der Waals surface area contributed by atoms with Crippen LogP contribution >= 0.6 is 0 Å². The van der Waals surface area contributed by atoms with E-state index in [0.29, 0.717) is 13.1 Å². The number of amides is 2. The normalized spacial score (nSPS) is 11.7. The van der Waals surface area contributed by atoms with Gasteiger partial charge in [-0.3, -0.25) is 4.79 Å². The van der Waals surface area contributed by atoms with E-state index in [2.05, 4.69) is 5.32 Å². The minimum absolute atomic E-state index is 0.123. The Balaban J connectivity index is 4.49. The Kier molecular flexibility index (Phi) is 8.32. The van der Waals surface area contributed by atoms with Crippen LogP contribution in [-0.4, -0.2) is 52.2 Å². The molecule has 0 bridgehead atoms. The molecule has 0 rings (SSSR count). The van der Waals surface area contributed by atoms with Crippen LogP contribution in [0.2, 0.25) is 0 Å². The number of aliphatic carboxylic acids is 2. The van der Waals surface area contributed by atoms with Crippen LogP contribution in [0.3, 0.4) is 0 Å². The predicted molar refractivity (Wildman–Crippen MR) is 69.0 cm³/mol. The molecule has 3 N–H and O–H groups in total. The van der Waals surface area contributed by atoms with Gasteiger partial charge in [0.25, 0.3) is 0 Å². The van der Waals surface area contributed by atoms with Gasteiger partial charge in [-0.2, -0.15) is 0 Å². The van der Waals surface area contributed by atoms with E-state index in [1.807, 2.05) is 13.8 Å². The molecule has 1 atom stereocenters. The molecule has 0 aromatic carbocycles. The van der Waals surface area contributed by atoms with Gasteiger partial charge in [0, 0.05) is 19.5 Å². The van der Waals surface area contributed by atoms with Crippen molar-refractivity contribution in [3.63, 3.8) is 0 Å². The fraction of sp³-hybridized carbons (Fsp3) is 0.750. The number of urea groups is 1. The molecule has 0 heterocycles. The number of nitrogens with zero attached hydrogens (tertiary/aromatic N) is 1. The molecule has 0 aromatic rings. The van der Waals surface area contributed by atoms with Gasteiger partial charge in [-0.15, -0.1) is 0 Å². The van der Waals surface area contributed by atoms with E-state index >= 15 is 0 Å². The number of carboxylic acid groups (broad SMARTS) is 2. The van der Waals surface area contributed by atoms with Crippen LogP contribution in [0.15, 0.2) is 0 Å². The lowest BCUT2D eigenvalue weighted by Gasteiger charge is -2.24. The molecule has 0 fully saturated rings. The maximum atomic E-state index is 11.9. The maximum Gasteiger partial charge on any atom is 0.326 e. The van der Waals surface area contributed by atoms with Gasteiger partial charge in [0.05, 0.1) is 0 Å². The summed E-state index contributed by atoms with van der Waals surface area (Å²) in [6.45, 7) is 4.94. The summed E-state index contributed by atoms with van der Waals surface area (Å²) in [7, 11) is 0. The highest BCUT2D eigenvalue weighted by Gasteiger charge is 2.23. The van der Waals surface area contributed by atoms with Gasteiger partial charge in [-0.05, 0) is 19.3 Å². The molecule has 110 valence electrons. The van der Waals surface area contributed by atoms with Crippen molar-refractivity contribution in [2.45, 2.75) is 45.6 Å². The molecule has 0 aliphatic heterocycles. The summed E-state index contributed by atoms with van der Waals surface area (Å²) in [6.07, 6.45) is 1.14. The van der Waals surface area contributed by atoms with E-state index in [0.717, 1.165) is 12.8 Å². The average molecular weight is 274 g/mol. The second-order valence-corrected chi connectivity index (χ2v) is 4.26. The Hall–Kier alpha value is -1.79. The summed E-state index contributed by atoms with van der Waals surface area (Å²) >= 11 is 0. The fourth-order valence-corrected chi connectivity index (χ4v) is 1.62. The molecule has 0 aliphatic rings. The Morgan fingerprint density at radius 2 is 1.63 bits per heavy atom. The van der Waals surface area contributed by atoms with E-state index in [4.69, 9.17) is 10.2 Å². The summed E-state index contributed by atoms with van der Waals surface area (Å²) in [5, 5.41) is 19.9. The van der Waals surface area contributed by atoms with Gasteiger partial charge in [-0.1, -0.05) is 13.8 Å². The lowest BCUT2D eigenvalue weighted by atomic mass is 10.1. The number of carbonyl (C=O) groups is 3. The smallest absolute Gasteiger partial charge is 0.326 e. The van der Waals surface area contributed by atoms with Crippen LogP contribution in [-0.2, 0) is 9.59 Å². The van der Waals surface area contributed by atoms with Crippen LogP contribution in [0.25, 0.3) is 0 Å². The summed E-state index contributed by atoms with van der Waals surface area (Å²) in [5.74, 6) is -2.30. The van der Waals surface area contributed by atoms with E-state index in [1.165, 1.54) is 4.90 Å². The number of carbonyl (C=O) groups excluding carboxylic acids is 1. The second-order valence-electron chi connectivity index (χ2n) is 4.26. The molecule has 0 saturated carbocycles. The first-order valence-electron chi connectivity index (χ1n) is 6.42. The molecule has 0 spiro atoms. The highest BCUT2D eigenvalue weighted by atomic mass is 16.4. The minimum Gasteiger partial charge on any atom is -0.481 e. The summed E-state index contributed by atoms with van der Waals surface area (Å²) in [5.41, 5.74) is 0. The van der Waals surface area contributed by atoms with Crippen LogP contribution in [0, 0.1) is 0 Å². The molecular weight excluding hydrogens is 252 g/mol. The molecule has 0 aromatic heterocycles. The molecule has 1 unspecified atom stereocenters. The standard InChI is InChI=1S/C12H22N2O5/c1-3-7-14(8-4-2)12(19)13-9(11(17)18)5-6-10(15)16/h9H,3-8H2,1-2H3,(H,13,19)(H,15,16)(H,17,18). The highest BCUT2D eigenvalue weighted by Crippen LogP contribution is 2.01. The summed E-state index contributed by atoms with van der Waals surface area (Å²) < 4.78 is 0. The largest absolute Gasteiger partial charge is 0.481 e. The average Bonchev–Trinajstić information content (AvgIpc) is 2.33. The first kappa shape index (κ1) is 17.2. The Morgan fingerprint density at radius 1 is 1.11 bits per heavy atom. The number of carboxylic acids is 2. The Bertz CT molecular complexity index is 313. The van der Waals surface area contributed by atoms with Crippen molar-refractivity contribution in [1.82, 2.24) is 10.2 Å². The highest BCUT2D eigenvalue weighted by molar-refractivity contribution is 5.83. The SMILES string of the molecule is CCCN(CCC)C(=O)NC(CCC(=O)O)C(=O)O. The third-order valence-electron chi connectivity index (χ3n) is 2.52. The second kappa shape index (κ2) is 9.18. The molecule has 0 saturated heterocycles. The number of rotatable bonds is 9. The fourth-order valence-electron chi connectivity index (χ4n) is 1.62. The zero-order valence-electron chi connectivity index (χ0n) is 11.4. The van der Waals surface area contributed by atoms with E-state index in [-0.39, 0.29) is 12.8 Å². The van der Waals surface area contributed by atoms with E-state index in [9.17, 15) is 14.4 Å². The Labute approximate surface area is 112 Å². The minimum atomic E-state index is -1.22. The molecule has 19 heavy (non-hydrogen) atoms. The van der Waals surface area contributed by atoms with Crippen LogP contribution in [0.5, 0.6) is 0 Å². The van der Waals surface area contributed by atoms with Gasteiger partial charge in [0.1, 0.15) is 6.04 Å². The van der Waals surface area contributed by atoms with Crippen molar-refractivity contribution in [3.8, 4) is 0 Å². The quantitative estimate of drug-likeness (QED) is 0.584. The van der Waals surface area contributed by atoms with Gasteiger partial charge in [-0.25, -0.2) is 9.59 Å². The molecule has 0 aliphatic carbocycles. The summed E-state index contributed by atoms with van der Waals surface area (Å²) in [6, 6.07) is -1.62. The van der Waals surface area contributed by atoms with E-state index < -0.39 is 24.0 Å². The molecule has 0 radical (unpaired) electrons. The zero-order chi connectivity index (χ0) is 14.8. The van der Waals surface area contributed by atoms with Crippen molar-refractivity contribution in [2.24, 2.45) is 0 Å². The van der Waals surface area contributed by atoms with Crippen molar-refractivity contribution >= 4 is 18.0 Å². The van der Waals surface area contributed by atoms with Gasteiger partial charge < -0.3 is 20.4 Å². The summed E-state index contributed by atoms with van der Waals surface area (Å²) in [4.78, 5) is 34.8. The van der Waals surface area contributed by atoms with Crippen molar-refractivity contribution in [2.75, 3.05) is 13.1 Å². The van der Waals surface area contributed by atoms with Crippen molar-refractivity contribution in [1.29, 1.82) is 0 Å². The maximum absolute atomic E-state index is 11.9. The lowest BCUT2D eigenvalue weighted by molar-refractivity contribution is -0.140. The number of hydrogen-bond acceptors (Lipinski definition) is 3. The van der Waals surface area contributed by atoms with Gasteiger partial charge in [0.15, 0.2) is 0 Å². The first-order valence-corrected chi connectivity index (χ1v) is 6.42. The number of nitrogens with one attached hydrogen (secondary N) is 1. The van der Waals surface area contributed by atoms with Gasteiger partial charge >= 0.3 is 18.0 Å². The van der Waals surface area contributed by atoms with E-state index in [1.54, 1.807) is 0 Å². The molecule has 2 amide bonds.